The molecule has 25 heavy (non-hydrogen) atoms. The Kier molecular flexibility index (Phi) is 5.33. The van der Waals surface area contributed by atoms with Gasteiger partial charge in [-0.25, -0.2) is 4.79 Å². The molecule has 0 atom stereocenters. The maximum Gasteiger partial charge on any atom is 0.355 e. The molecule has 3 N–H and O–H groups in total. The summed E-state index contributed by atoms with van der Waals surface area (Å²) in [6.45, 7) is 0.901. The number of carbonyl (C=O) groups excluding carboxylic acids is 4. The summed E-state index contributed by atoms with van der Waals surface area (Å²) >= 11 is 0. The van der Waals surface area contributed by atoms with Gasteiger partial charge in [0.2, 0.25) is 5.91 Å². The van der Waals surface area contributed by atoms with E-state index in [9.17, 15) is 19.2 Å². The number of aryl methyl sites for hydroxylation is 1. The van der Waals surface area contributed by atoms with Crippen molar-refractivity contribution in [3.05, 3.63) is 53.3 Å². The summed E-state index contributed by atoms with van der Waals surface area (Å²) in [5.41, 5.74) is 6.43. The van der Waals surface area contributed by atoms with Crippen LogP contribution in [0.5, 0.6) is 0 Å². The van der Waals surface area contributed by atoms with Gasteiger partial charge >= 0.3 is 5.97 Å². The molecule has 130 valence electrons. The van der Waals surface area contributed by atoms with E-state index in [2.05, 4.69) is 5.32 Å². The van der Waals surface area contributed by atoms with Gasteiger partial charge in [-0.2, -0.15) is 0 Å². The molecule has 2 rings (SSSR count). The lowest BCUT2D eigenvalue weighted by Gasteiger charge is -2.07. The third-order valence-corrected chi connectivity index (χ3v) is 3.41. The highest BCUT2D eigenvalue weighted by Crippen LogP contribution is 2.11. The van der Waals surface area contributed by atoms with Crippen LogP contribution >= 0.6 is 0 Å². The molecule has 0 fully saturated rings. The van der Waals surface area contributed by atoms with Gasteiger partial charge in [-0.1, -0.05) is 0 Å². The number of primary amides is 1. The highest BCUT2D eigenvalue weighted by Gasteiger charge is 2.16. The van der Waals surface area contributed by atoms with E-state index in [-0.39, 0.29) is 11.5 Å². The summed E-state index contributed by atoms with van der Waals surface area (Å²) in [6.07, 6.45) is 1.51. The second-order valence-electron chi connectivity index (χ2n) is 5.35. The van der Waals surface area contributed by atoms with Crippen molar-refractivity contribution in [1.29, 1.82) is 0 Å². The Labute approximate surface area is 143 Å². The number of aromatic nitrogens is 1. The second kappa shape index (κ2) is 7.43. The van der Waals surface area contributed by atoms with Gasteiger partial charge in [0.1, 0.15) is 5.69 Å². The van der Waals surface area contributed by atoms with Crippen LogP contribution in [0.25, 0.3) is 0 Å². The summed E-state index contributed by atoms with van der Waals surface area (Å²) in [5.74, 6) is -2.00. The minimum Gasteiger partial charge on any atom is -0.451 e. The van der Waals surface area contributed by atoms with Gasteiger partial charge in [-0.05, 0) is 37.3 Å². The minimum atomic E-state index is -0.714. The zero-order valence-corrected chi connectivity index (χ0v) is 13.7. The first-order valence-electron chi connectivity index (χ1n) is 7.32. The zero-order valence-electron chi connectivity index (χ0n) is 13.7. The largest absolute Gasteiger partial charge is 0.451 e. The number of Topliss-reactive ketones (excluding diaryl/α,β-unsaturated/α-hetero) is 1. The van der Waals surface area contributed by atoms with E-state index in [1.807, 2.05) is 0 Å². The van der Waals surface area contributed by atoms with E-state index in [1.54, 1.807) is 7.05 Å². The summed E-state index contributed by atoms with van der Waals surface area (Å²) < 4.78 is 6.40. The molecule has 2 aromatic rings. The van der Waals surface area contributed by atoms with Crippen molar-refractivity contribution in [2.75, 3.05) is 11.9 Å². The van der Waals surface area contributed by atoms with E-state index in [0.29, 0.717) is 16.8 Å². The Morgan fingerprint density at radius 3 is 2.28 bits per heavy atom. The third kappa shape index (κ3) is 4.54. The maximum absolute atomic E-state index is 12.0. The number of anilines is 1. The highest BCUT2D eigenvalue weighted by molar-refractivity contribution is 5.99. The van der Waals surface area contributed by atoms with Crippen LogP contribution in [0.15, 0.2) is 36.5 Å². The molecule has 0 aliphatic carbocycles. The van der Waals surface area contributed by atoms with E-state index in [0.717, 1.165) is 0 Å². The maximum atomic E-state index is 12.0. The molecule has 0 saturated heterocycles. The van der Waals surface area contributed by atoms with Crippen molar-refractivity contribution in [2.45, 2.75) is 6.92 Å². The fourth-order valence-electron chi connectivity index (χ4n) is 2.08. The molecule has 0 unspecified atom stereocenters. The van der Waals surface area contributed by atoms with E-state index in [4.69, 9.17) is 10.5 Å². The Morgan fingerprint density at radius 2 is 1.76 bits per heavy atom. The molecule has 0 aliphatic heterocycles. The smallest absolute Gasteiger partial charge is 0.355 e. The number of nitrogens with one attached hydrogen (secondary N) is 1. The first-order chi connectivity index (χ1) is 11.8. The molecule has 0 saturated carbocycles. The number of amides is 2. The lowest BCUT2D eigenvalue weighted by Crippen LogP contribution is -2.21. The van der Waals surface area contributed by atoms with Crippen molar-refractivity contribution >= 4 is 29.3 Å². The number of ketones is 1. The molecule has 0 bridgehead atoms. The number of benzene rings is 1. The molecule has 1 aromatic carbocycles. The van der Waals surface area contributed by atoms with Crippen molar-refractivity contribution in [3.63, 3.8) is 0 Å². The van der Waals surface area contributed by atoms with Gasteiger partial charge in [-0.3, -0.25) is 14.4 Å². The zero-order chi connectivity index (χ0) is 18.6. The Balaban J connectivity index is 1.92. The number of nitrogens with two attached hydrogens (primary N) is 1. The third-order valence-electron chi connectivity index (χ3n) is 3.41. The summed E-state index contributed by atoms with van der Waals surface area (Å²) in [5, 5.41) is 2.52. The van der Waals surface area contributed by atoms with Gasteiger partial charge in [0.25, 0.3) is 5.91 Å². The van der Waals surface area contributed by atoms with Gasteiger partial charge < -0.3 is 20.4 Å². The minimum absolute atomic E-state index is 0.170. The number of ether oxygens (including phenoxy) is 1. The van der Waals surface area contributed by atoms with Crippen LogP contribution in [0.2, 0.25) is 0 Å². The van der Waals surface area contributed by atoms with E-state index in [1.165, 1.54) is 48.0 Å². The Hall–Kier alpha value is -3.42. The lowest BCUT2D eigenvalue weighted by molar-refractivity contribution is -0.119. The molecular formula is C17H17N3O5. The molecular weight excluding hydrogens is 326 g/mol. The average Bonchev–Trinajstić information content (AvgIpc) is 2.95. The predicted octanol–water partition coefficient (Wildman–Crippen LogP) is 1.12. The lowest BCUT2D eigenvalue weighted by atomic mass is 10.2. The molecule has 0 radical (unpaired) electrons. The summed E-state index contributed by atoms with van der Waals surface area (Å²) in [6, 6.07) is 7.37. The number of carbonyl (C=O) groups is 4. The molecule has 0 spiro atoms. The van der Waals surface area contributed by atoms with Crippen molar-refractivity contribution in [2.24, 2.45) is 12.8 Å². The molecule has 8 nitrogen and oxygen atoms in total. The van der Waals surface area contributed by atoms with Crippen LogP contribution in [-0.2, 0) is 16.6 Å². The number of esters is 1. The molecule has 1 aromatic heterocycles. The van der Waals surface area contributed by atoms with Crippen LogP contribution in [0.4, 0.5) is 5.69 Å². The molecule has 1 heterocycles. The average molecular weight is 343 g/mol. The predicted molar refractivity (Wildman–Crippen MR) is 89.3 cm³/mol. The highest BCUT2D eigenvalue weighted by atomic mass is 16.5. The van der Waals surface area contributed by atoms with Crippen molar-refractivity contribution in [3.8, 4) is 0 Å². The number of hydrogen-bond acceptors (Lipinski definition) is 5. The molecule has 8 heteroatoms. The van der Waals surface area contributed by atoms with Crippen molar-refractivity contribution in [1.82, 2.24) is 4.57 Å². The van der Waals surface area contributed by atoms with Gasteiger partial charge in [0.05, 0.1) is 0 Å². The summed E-state index contributed by atoms with van der Waals surface area (Å²) in [4.78, 5) is 46.1. The molecule has 2 amide bonds. The van der Waals surface area contributed by atoms with E-state index >= 15 is 0 Å². The first-order valence-corrected chi connectivity index (χ1v) is 7.32. The normalized spacial score (nSPS) is 10.2. The standard InChI is InChI=1S/C17H17N3O5/c1-10(21)12-7-14(20(2)8-12)17(24)25-9-15(22)19-13-5-3-11(4-6-13)16(18)23/h3-8H,9H2,1-2H3,(H2,18,23)(H,19,22). The fraction of sp³-hybridized carbons (Fsp3) is 0.176. The number of hydrogen-bond donors (Lipinski definition) is 2. The topological polar surface area (TPSA) is 120 Å². The quantitative estimate of drug-likeness (QED) is 0.601. The number of rotatable bonds is 6. The SMILES string of the molecule is CC(=O)c1cc(C(=O)OCC(=O)Nc2ccc(C(N)=O)cc2)n(C)c1. The second-order valence-corrected chi connectivity index (χ2v) is 5.35. The van der Waals surface area contributed by atoms with Gasteiger partial charge in [0, 0.05) is 30.1 Å². The molecule has 0 aliphatic rings. The number of nitrogens with zero attached hydrogens (tertiary/aromatic N) is 1. The van der Waals surface area contributed by atoms with Crippen molar-refractivity contribution < 1.29 is 23.9 Å². The monoisotopic (exact) mass is 343 g/mol. The van der Waals surface area contributed by atoms with Gasteiger partial charge in [0.15, 0.2) is 12.4 Å². The fourth-order valence-corrected chi connectivity index (χ4v) is 2.08. The first kappa shape index (κ1) is 17.9. The van der Waals surface area contributed by atoms with E-state index < -0.39 is 24.4 Å². The van der Waals surface area contributed by atoms with Crippen LogP contribution in [-0.4, -0.2) is 34.7 Å². The van der Waals surface area contributed by atoms with Crippen LogP contribution in [0.3, 0.4) is 0 Å². The van der Waals surface area contributed by atoms with Gasteiger partial charge in [-0.15, -0.1) is 0 Å². The Morgan fingerprint density at radius 1 is 1.12 bits per heavy atom. The Bertz CT molecular complexity index is 836. The van der Waals surface area contributed by atoms with Crippen LogP contribution in [0, 0.1) is 0 Å². The summed E-state index contributed by atoms with van der Waals surface area (Å²) in [7, 11) is 1.60. The van der Waals surface area contributed by atoms with Crippen LogP contribution < -0.4 is 11.1 Å². The van der Waals surface area contributed by atoms with Crippen LogP contribution in [0.1, 0.15) is 38.1 Å².